The highest BCUT2D eigenvalue weighted by molar-refractivity contribution is 6.36. The Labute approximate surface area is 182 Å². The summed E-state index contributed by atoms with van der Waals surface area (Å²) < 4.78 is 0. The van der Waals surface area contributed by atoms with Gasteiger partial charge < -0.3 is 5.32 Å². The number of rotatable bonds is 5. The standard InChI is InChI=1S/C26H25N3O2/c1-16-8-10-21(18(3)13-16)23-24(28-22-11-9-17(2)14-19(22)4)26(31)29(25(23)30)15-20-7-5-6-12-27-20/h5-14,28H,15H2,1-4H3. The van der Waals surface area contributed by atoms with Gasteiger partial charge in [-0.3, -0.25) is 19.5 Å². The van der Waals surface area contributed by atoms with E-state index in [-0.39, 0.29) is 18.4 Å². The molecule has 0 aliphatic carbocycles. The Morgan fingerprint density at radius 3 is 2.19 bits per heavy atom. The third-order valence-corrected chi connectivity index (χ3v) is 5.51. The first-order chi connectivity index (χ1) is 14.8. The second-order valence-electron chi connectivity index (χ2n) is 8.03. The van der Waals surface area contributed by atoms with Crippen LogP contribution in [0.1, 0.15) is 33.5 Å². The van der Waals surface area contributed by atoms with Crippen LogP contribution in [0.15, 0.2) is 66.5 Å². The maximum Gasteiger partial charge on any atom is 0.278 e. The van der Waals surface area contributed by atoms with Gasteiger partial charge in [0.05, 0.1) is 17.8 Å². The fourth-order valence-electron chi connectivity index (χ4n) is 3.92. The largest absolute Gasteiger partial charge is 0.350 e. The van der Waals surface area contributed by atoms with Gasteiger partial charge in [0.25, 0.3) is 11.8 Å². The summed E-state index contributed by atoms with van der Waals surface area (Å²) in [5.74, 6) is -0.652. The fourth-order valence-corrected chi connectivity index (χ4v) is 3.92. The van der Waals surface area contributed by atoms with Crippen LogP contribution in [0, 0.1) is 27.7 Å². The zero-order valence-corrected chi connectivity index (χ0v) is 18.2. The minimum Gasteiger partial charge on any atom is -0.350 e. The molecule has 1 N–H and O–H groups in total. The zero-order chi connectivity index (χ0) is 22.1. The van der Waals surface area contributed by atoms with Crippen LogP contribution < -0.4 is 5.32 Å². The first kappa shape index (κ1) is 20.5. The van der Waals surface area contributed by atoms with E-state index in [1.165, 1.54) is 4.90 Å². The average Bonchev–Trinajstić information content (AvgIpc) is 2.95. The molecule has 0 saturated heterocycles. The lowest BCUT2D eigenvalue weighted by atomic mass is 9.97. The van der Waals surface area contributed by atoms with Crippen molar-refractivity contribution in [2.45, 2.75) is 34.2 Å². The van der Waals surface area contributed by atoms with Crippen LogP contribution >= 0.6 is 0 Å². The average molecular weight is 412 g/mol. The Balaban J connectivity index is 1.80. The minimum absolute atomic E-state index is 0.130. The third kappa shape index (κ3) is 3.99. The van der Waals surface area contributed by atoms with Crippen molar-refractivity contribution in [2.75, 3.05) is 5.32 Å². The lowest BCUT2D eigenvalue weighted by Gasteiger charge is -2.15. The van der Waals surface area contributed by atoms with Crippen molar-refractivity contribution in [3.8, 4) is 0 Å². The number of nitrogens with one attached hydrogen (secondary N) is 1. The van der Waals surface area contributed by atoms with Gasteiger partial charge in [-0.25, -0.2) is 0 Å². The molecule has 0 bridgehead atoms. The number of aromatic nitrogens is 1. The topological polar surface area (TPSA) is 62.3 Å². The van der Waals surface area contributed by atoms with E-state index in [9.17, 15) is 9.59 Å². The van der Waals surface area contributed by atoms with E-state index in [2.05, 4.69) is 10.3 Å². The summed E-state index contributed by atoms with van der Waals surface area (Å²) in [6.07, 6.45) is 1.66. The highest BCUT2D eigenvalue weighted by atomic mass is 16.2. The first-order valence-electron chi connectivity index (χ1n) is 10.3. The van der Waals surface area contributed by atoms with Crippen LogP contribution in [-0.2, 0) is 16.1 Å². The number of hydrogen-bond donors (Lipinski definition) is 1. The number of carbonyl (C=O) groups is 2. The lowest BCUT2D eigenvalue weighted by molar-refractivity contribution is -0.137. The monoisotopic (exact) mass is 411 g/mol. The van der Waals surface area contributed by atoms with Crippen LogP contribution in [0.3, 0.4) is 0 Å². The van der Waals surface area contributed by atoms with Gasteiger partial charge in [0, 0.05) is 11.9 Å². The summed E-state index contributed by atoms with van der Waals surface area (Å²) in [5.41, 5.74) is 7.15. The van der Waals surface area contributed by atoms with Crippen LogP contribution in [0.4, 0.5) is 5.69 Å². The summed E-state index contributed by atoms with van der Waals surface area (Å²) in [6.45, 7) is 8.11. The molecule has 0 saturated carbocycles. The molecule has 2 aromatic carbocycles. The number of amides is 2. The number of aryl methyl sites for hydroxylation is 4. The first-order valence-corrected chi connectivity index (χ1v) is 10.3. The molecule has 1 aromatic heterocycles. The molecule has 0 atom stereocenters. The molecular formula is C26H25N3O2. The van der Waals surface area contributed by atoms with Gasteiger partial charge in [-0.15, -0.1) is 0 Å². The Morgan fingerprint density at radius 2 is 1.55 bits per heavy atom. The number of benzene rings is 2. The Bertz CT molecular complexity index is 1210. The molecule has 31 heavy (non-hydrogen) atoms. The van der Waals surface area contributed by atoms with E-state index in [1.807, 2.05) is 82.3 Å². The van der Waals surface area contributed by atoms with E-state index < -0.39 is 0 Å². The van der Waals surface area contributed by atoms with Gasteiger partial charge >= 0.3 is 0 Å². The molecule has 1 aliphatic heterocycles. The quantitative estimate of drug-likeness (QED) is 0.618. The molecule has 3 aromatic rings. The number of nitrogens with zero attached hydrogens (tertiary/aromatic N) is 2. The molecule has 0 spiro atoms. The van der Waals surface area contributed by atoms with Crippen molar-refractivity contribution in [3.05, 3.63) is 100 Å². The molecule has 1 aliphatic rings. The van der Waals surface area contributed by atoms with E-state index in [4.69, 9.17) is 0 Å². The maximum atomic E-state index is 13.5. The highest BCUT2D eigenvalue weighted by Gasteiger charge is 2.40. The Kier molecular flexibility index (Phi) is 5.42. The van der Waals surface area contributed by atoms with Gasteiger partial charge in [0.15, 0.2) is 0 Å². The third-order valence-electron chi connectivity index (χ3n) is 5.51. The molecule has 2 heterocycles. The van der Waals surface area contributed by atoms with Crippen LogP contribution in [0.25, 0.3) is 5.57 Å². The maximum absolute atomic E-state index is 13.5. The highest BCUT2D eigenvalue weighted by Crippen LogP contribution is 2.34. The number of pyridine rings is 1. The molecule has 0 fully saturated rings. The number of imide groups is 1. The lowest BCUT2D eigenvalue weighted by Crippen LogP contribution is -2.32. The van der Waals surface area contributed by atoms with E-state index in [0.717, 1.165) is 33.5 Å². The van der Waals surface area contributed by atoms with Crippen molar-refractivity contribution in [1.29, 1.82) is 0 Å². The van der Waals surface area contributed by atoms with Gasteiger partial charge in [-0.1, -0.05) is 47.5 Å². The van der Waals surface area contributed by atoms with Crippen molar-refractivity contribution in [3.63, 3.8) is 0 Å². The van der Waals surface area contributed by atoms with Crippen LogP contribution in [0.2, 0.25) is 0 Å². The minimum atomic E-state index is -0.342. The van der Waals surface area contributed by atoms with Gasteiger partial charge in [-0.2, -0.15) is 0 Å². The SMILES string of the molecule is Cc1ccc(NC2=C(c3ccc(C)cc3C)C(=O)N(Cc3ccccn3)C2=O)c(C)c1. The van der Waals surface area contributed by atoms with E-state index >= 15 is 0 Å². The smallest absolute Gasteiger partial charge is 0.278 e. The van der Waals surface area contributed by atoms with E-state index in [0.29, 0.717) is 17.0 Å². The molecule has 4 rings (SSSR count). The molecule has 2 amide bonds. The van der Waals surface area contributed by atoms with Gasteiger partial charge in [0.2, 0.25) is 0 Å². The van der Waals surface area contributed by atoms with Crippen molar-refractivity contribution in [2.24, 2.45) is 0 Å². The predicted octanol–water partition coefficient (Wildman–Crippen LogP) is 4.71. The summed E-state index contributed by atoms with van der Waals surface area (Å²) in [4.78, 5) is 32.5. The van der Waals surface area contributed by atoms with Gasteiger partial charge in [-0.05, 0) is 62.6 Å². The molecule has 0 radical (unpaired) electrons. The second kappa shape index (κ2) is 8.19. The summed E-state index contributed by atoms with van der Waals surface area (Å²) in [7, 11) is 0. The predicted molar refractivity (Wildman–Crippen MR) is 122 cm³/mol. The molecule has 0 unspecified atom stereocenters. The second-order valence-corrected chi connectivity index (χ2v) is 8.03. The number of anilines is 1. The van der Waals surface area contributed by atoms with Crippen molar-refractivity contribution in [1.82, 2.24) is 9.88 Å². The summed E-state index contributed by atoms with van der Waals surface area (Å²) >= 11 is 0. The Morgan fingerprint density at radius 1 is 0.839 bits per heavy atom. The number of carbonyl (C=O) groups excluding carboxylic acids is 2. The summed E-state index contributed by atoms with van der Waals surface area (Å²) in [6, 6.07) is 17.3. The molecule has 5 nitrogen and oxygen atoms in total. The molecule has 5 heteroatoms. The molecular weight excluding hydrogens is 386 g/mol. The zero-order valence-electron chi connectivity index (χ0n) is 18.2. The molecule has 156 valence electrons. The van der Waals surface area contributed by atoms with Crippen molar-refractivity contribution < 1.29 is 9.59 Å². The van der Waals surface area contributed by atoms with Gasteiger partial charge in [0.1, 0.15) is 5.70 Å². The van der Waals surface area contributed by atoms with E-state index in [1.54, 1.807) is 6.20 Å². The van der Waals surface area contributed by atoms with Crippen molar-refractivity contribution >= 4 is 23.1 Å². The normalized spacial score (nSPS) is 13.9. The summed E-state index contributed by atoms with van der Waals surface area (Å²) in [5, 5.41) is 3.27. The number of hydrogen-bond acceptors (Lipinski definition) is 4. The fraction of sp³-hybridized carbons (Fsp3) is 0.192. The Hall–Kier alpha value is -3.73. The van der Waals surface area contributed by atoms with Crippen LogP contribution in [-0.4, -0.2) is 21.7 Å². The van der Waals surface area contributed by atoms with Crippen LogP contribution in [0.5, 0.6) is 0 Å².